The number of pyridine rings is 1. The molecule has 2 amide bonds. The van der Waals surface area contributed by atoms with Crippen molar-refractivity contribution in [1.29, 1.82) is 0 Å². The number of benzene rings is 1. The van der Waals surface area contributed by atoms with E-state index in [-0.39, 0.29) is 36.7 Å². The Morgan fingerprint density at radius 3 is 2.40 bits per heavy atom. The molecule has 1 aliphatic heterocycles. The van der Waals surface area contributed by atoms with Crippen LogP contribution in [0.15, 0.2) is 23.6 Å². The Bertz CT molecular complexity index is 2200. The summed E-state index contributed by atoms with van der Waals surface area (Å²) >= 11 is 8.57. The fourth-order valence-corrected chi connectivity index (χ4v) is 10.9. The first-order valence-corrected chi connectivity index (χ1v) is 23.8. The highest BCUT2D eigenvalue weighted by atomic mass is 35.5. The van der Waals surface area contributed by atoms with Crippen molar-refractivity contribution in [1.82, 2.24) is 25.5 Å². The zero-order valence-corrected chi connectivity index (χ0v) is 38.6. The normalized spacial score (nSPS) is 28.3. The number of carboxylic acid groups (broad SMARTS) is 1. The minimum absolute atomic E-state index is 0.121. The highest BCUT2D eigenvalue weighted by molar-refractivity contribution is 7.14. The number of ketones is 1. The maximum Gasteiger partial charge on any atom is 0.408 e. The number of carboxylic acids is 1. The summed E-state index contributed by atoms with van der Waals surface area (Å²) in [5.41, 5.74) is -0.577. The number of nitrogens with one attached hydrogen (secondary N) is 3. The predicted octanol–water partition coefficient (Wildman–Crippen LogP) is 7.19. The number of thiazole rings is 1. The van der Waals surface area contributed by atoms with Crippen molar-refractivity contribution in [2.45, 2.75) is 116 Å². The Balaban J connectivity index is 1.09. The molecule has 342 valence electrons. The van der Waals surface area contributed by atoms with Gasteiger partial charge in [-0.2, -0.15) is 0 Å². The van der Waals surface area contributed by atoms with Crippen molar-refractivity contribution in [3.63, 3.8) is 0 Å². The second kappa shape index (κ2) is 18.3. The number of Topliss-reactive ketones (excluding diaryl/α,β-unsaturated/α-hetero) is 1. The summed E-state index contributed by atoms with van der Waals surface area (Å²) in [6.07, 6.45) is 2.50. The van der Waals surface area contributed by atoms with Gasteiger partial charge in [-0.3, -0.25) is 14.5 Å². The Morgan fingerprint density at radius 2 is 1.73 bits per heavy atom. The number of hydrogen-bond donors (Lipinski definition) is 4. The molecule has 4 aliphatic carbocycles. The summed E-state index contributed by atoms with van der Waals surface area (Å²) in [6.45, 7) is 15.7. The molecule has 15 nitrogen and oxygen atoms in total. The summed E-state index contributed by atoms with van der Waals surface area (Å²) < 4.78 is 24.4. The molecule has 0 bridgehead atoms. The van der Waals surface area contributed by atoms with Gasteiger partial charge in [-0.05, 0) is 87.7 Å². The molecule has 2 aromatic heterocycles. The number of amides is 2. The molecule has 5 fully saturated rings. The lowest BCUT2D eigenvalue weighted by Crippen LogP contribution is -2.54. The molecule has 1 saturated heterocycles. The summed E-state index contributed by atoms with van der Waals surface area (Å²) in [4.78, 5) is 67.3. The van der Waals surface area contributed by atoms with E-state index in [4.69, 9.17) is 40.5 Å². The first-order valence-electron chi connectivity index (χ1n) is 22.5. The van der Waals surface area contributed by atoms with Crippen LogP contribution in [0.1, 0.15) is 86.5 Å². The molecule has 0 spiro atoms. The van der Waals surface area contributed by atoms with Crippen LogP contribution in [0.4, 0.5) is 9.93 Å². The second-order valence-electron chi connectivity index (χ2n) is 19.5. The lowest BCUT2D eigenvalue weighted by atomic mass is 9.77. The molecule has 17 heteroatoms. The van der Waals surface area contributed by atoms with Gasteiger partial charge >= 0.3 is 12.1 Å². The maximum atomic E-state index is 14.9. The molecule has 63 heavy (non-hydrogen) atoms. The predicted molar refractivity (Wildman–Crippen MR) is 239 cm³/mol. The molecule has 0 radical (unpaired) electrons. The van der Waals surface area contributed by atoms with Crippen molar-refractivity contribution in [2.24, 2.45) is 35.0 Å². The van der Waals surface area contributed by atoms with Crippen LogP contribution >= 0.6 is 22.9 Å². The first-order chi connectivity index (χ1) is 30.0. The number of rotatable bonds is 17. The van der Waals surface area contributed by atoms with Crippen LogP contribution in [0.2, 0.25) is 5.02 Å². The smallest absolute Gasteiger partial charge is 0.408 e. The van der Waals surface area contributed by atoms with Crippen LogP contribution < -0.4 is 25.4 Å². The van der Waals surface area contributed by atoms with E-state index in [1.165, 1.54) is 17.8 Å². The molecular weight excluding hydrogens is 848 g/mol. The minimum atomic E-state index is -1.39. The quantitative estimate of drug-likeness (QED) is 0.107. The van der Waals surface area contributed by atoms with E-state index in [2.05, 4.69) is 20.9 Å². The van der Waals surface area contributed by atoms with Crippen molar-refractivity contribution < 1.29 is 43.2 Å². The molecular formula is C46H61ClN6O9S. The van der Waals surface area contributed by atoms with E-state index >= 15 is 0 Å². The Morgan fingerprint density at radius 1 is 1.00 bits per heavy atom. The van der Waals surface area contributed by atoms with Crippen LogP contribution in [0.25, 0.3) is 22.3 Å². The van der Waals surface area contributed by atoms with Gasteiger partial charge in [0.2, 0.25) is 5.91 Å². The van der Waals surface area contributed by atoms with Gasteiger partial charge in [0.1, 0.15) is 46.6 Å². The number of carbonyl (C=O) groups is 4. The summed E-state index contributed by atoms with van der Waals surface area (Å²) in [5, 5.41) is 22.9. The van der Waals surface area contributed by atoms with Gasteiger partial charge < -0.3 is 40.0 Å². The van der Waals surface area contributed by atoms with Crippen LogP contribution in [-0.2, 0) is 23.9 Å². The molecule has 3 heterocycles. The van der Waals surface area contributed by atoms with Crippen LogP contribution in [0, 0.1) is 35.0 Å². The number of morpholine rings is 1. The maximum absolute atomic E-state index is 14.9. The van der Waals surface area contributed by atoms with Crippen LogP contribution in [0.3, 0.4) is 0 Å². The molecule has 8 rings (SSSR count). The van der Waals surface area contributed by atoms with E-state index in [0.717, 1.165) is 31.1 Å². The Labute approximate surface area is 377 Å². The fourth-order valence-electron chi connectivity index (χ4n) is 9.83. The van der Waals surface area contributed by atoms with Crippen molar-refractivity contribution >= 4 is 62.7 Å². The number of alkyl carbamates (subject to hydrolysis) is 1. The Kier molecular flexibility index (Phi) is 13.2. The first kappa shape index (κ1) is 45.3. The van der Waals surface area contributed by atoms with E-state index in [9.17, 15) is 24.3 Å². The van der Waals surface area contributed by atoms with Gasteiger partial charge in [0.05, 0.1) is 36.4 Å². The molecule has 4 saturated carbocycles. The van der Waals surface area contributed by atoms with Gasteiger partial charge in [0, 0.05) is 48.4 Å². The van der Waals surface area contributed by atoms with Gasteiger partial charge in [-0.25, -0.2) is 19.6 Å². The number of ether oxygens (including phenoxy) is 4. The number of aromatic nitrogens is 2. The summed E-state index contributed by atoms with van der Waals surface area (Å²) in [7, 11) is 0. The van der Waals surface area contributed by atoms with Crippen LogP contribution in [0.5, 0.6) is 11.5 Å². The SMILES string of the molecule is CC[C@@H]1C[C@]1(NC(=O)[C@@H]1C[C@@H](Oc2cc(-c3csc(NC(C)C)n3)nc3c(Cl)c(OCCN4CCOCC4)ccc23)CC1C(=O)[C@@H](NC(=O)OC1C[C@@H]2C[C@@H]2C1)C(C)(C)C)C(=O)O. The average Bonchev–Trinajstić information content (AvgIpc) is 3.91. The highest BCUT2D eigenvalue weighted by Crippen LogP contribution is 2.53. The fraction of sp³-hybridized carbons (Fsp3) is 0.652. The lowest BCUT2D eigenvalue weighted by Gasteiger charge is -2.33. The van der Waals surface area contributed by atoms with Crippen LogP contribution in [-0.4, -0.2) is 113 Å². The van der Waals surface area contributed by atoms with E-state index in [0.29, 0.717) is 89.9 Å². The van der Waals surface area contributed by atoms with Crippen molar-refractivity contribution in [3.8, 4) is 22.9 Å². The summed E-state index contributed by atoms with van der Waals surface area (Å²) in [6, 6.07) is 4.61. The third-order valence-electron chi connectivity index (χ3n) is 13.5. The van der Waals surface area contributed by atoms with Gasteiger partial charge in [0.15, 0.2) is 10.9 Å². The number of carbonyl (C=O) groups excluding carboxylic acids is 3. The van der Waals surface area contributed by atoms with Crippen molar-refractivity contribution in [3.05, 3.63) is 28.6 Å². The highest BCUT2D eigenvalue weighted by Gasteiger charge is 2.62. The zero-order chi connectivity index (χ0) is 44.8. The second-order valence-corrected chi connectivity index (χ2v) is 20.8. The van der Waals surface area contributed by atoms with Gasteiger partial charge in [0.25, 0.3) is 0 Å². The largest absolute Gasteiger partial charge is 0.491 e. The standard InChI is InChI=1S/C46H61ClN6O9S/c1-7-27-22-46(27,42(56)57)52-41(55)32-20-29(19-31(32)39(54)40(45(4,5)6)51-44(58)62-28-17-25-16-26(25)18-28)61-36-21-33(34-23-63-43(50-34)48-24(2)3)49-38-30(36)8-9-35(37(38)47)60-15-12-53-10-13-59-14-11-53/h8-9,21,23-29,31-32,40H,7,10-20,22H2,1-6H3,(H,48,50)(H,51,58)(H,52,55)(H,56,57)/t25-,26+,27-,28?,29+,31?,32-,40-,46-/m1/s1. The molecule has 2 unspecified atom stereocenters. The molecule has 4 N–H and O–H groups in total. The number of aliphatic carboxylic acids is 1. The molecule has 9 atom stereocenters. The monoisotopic (exact) mass is 908 g/mol. The third-order valence-corrected chi connectivity index (χ3v) is 14.7. The Hall–Kier alpha value is -4.25. The van der Waals surface area contributed by atoms with E-state index in [1.807, 2.05) is 53.0 Å². The third kappa shape index (κ3) is 10.0. The number of halogens is 1. The number of anilines is 1. The topological polar surface area (TPSA) is 191 Å². The number of fused-ring (bicyclic) bond motifs is 2. The lowest BCUT2D eigenvalue weighted by molar-refractivity contribution is -0.145. The summed E-state index contributed by atoms with van der Waals surface area (Å²) in [5.74, 6) is -1.89. The number of hydrogen-bond acceptors (Lipinski definition) is 13. The molecule has 1 aromatic carbocycles. The van der Waals surface area contributed by atoms with E-state index < -0.39 is 52.9 Å². The molecule has 3 aromatic rings. The van der Waals surface area contributed by atoms with Gasteiger partial charge in [-0.15, -0.1) is 11.3 Å². The van der Waals surface area contributed by atoms with E-state index in [1.54, 1.807) is 12.1 Å². The average molecular weight is 910 g/mol. The van der Waals surface area contributed by atoms with Crippen molar-refractivity contribution in [2.75, 3.05) is 44.8 Å². The van der Waals surface area contributed by atoms with Gasteiger partial charge in [-0.1, -0.05) is 45.7 Å². The minimum Gasteiger partial charge on any atom is -0.491 e. The number of nitrogens with zero attached hydrogens (tertiary/aromatic N) is 3. The molecule has 5 aliphatic rings. The zero-order valence-electron chi connectivity index (χ0n) is 37.0.